The number of ether oxygens (including phenoxy) is 4. The van der Waals surface area contributed by atoms with E-state index in [2.05, 4.69) is 128 Å². The number of methoxy groups -OCH3 is 1. The molecule has 0 radical (unpaired) electrons. The van der Waals surface area contributed by atoms with E-state index < -0.39 is 80.2 Å². The van der Waals surface area contributed by atoms with Gasteiger partial charge in [0.2, 0.25) is 17.7 Å². The van der Waals surface area contributed by atoms with Crippen LogP contribution in [0.3, 0.4) is 0 Å². The van der Waals surface area contributed by atoms with Gasteiger partial charge < -0.3 is 70.2 Å². The summed E-state index contributed by atoms with van der Waals surface area (Å²) < 4.78 is 24.2. The van der Waals surface area contributed by atoms with Crippen LogP contribution in [0.5, 0.6) is 0 Å². The van der Waals surface area contributed by atoms with Gasteiger partial charge in [0.25, 0.3) is 0 Å². The predicted molar refractivity (Wildman–Crippen MR) is 363 cm³/mol. The minimum Gasteiger partial charge on any atom is -0.394 e. The SMILES string of the molecule is CO[C@@H]1C(CO)O[C@@H](O[C@@H]2C(CO)O[C@@H](C)C(NC(=O)CN3CCN(C)CC3)[C@H]2O)C(NC(=O)CN2CCN(CC(=O)Nc3ccc(-c4c5nc(c(-c6ccccc6)c6ccc([nH]6)c(-c6ccccc6)c6nc(c(-c7ccccc7)c7ccc4[nH]7)CC6)C=C5)cc3)CC2)[C@H]1O. The van der Waals surface area contributed by atoms with Crippen LogP contribution in [0, 0.1) is 0 Å². The number of aromatic amines is 2. The molecule has 4 fully saturated rings. The first-order valence-electron chi connectivity index (χ1n) is 32.8. The summed E-state index contributed by atoms with van der Waals surface area (Å²) in [7, 11) is 3.38. The Hall–Kier alpha value is -8.33. The van der Waals surface area contributed by atoms with Crippen molar-refractivity contribution in [2.45, 2.75) is 80.9 Å². The molecule has 10 atom stereocenters. The van der Waals surface area contributed by atoms with Gasteiger partial charge in [0.05, 0.1) is 67.8 Å². The number of likely N-dealkylation sites (N-methyl/N-ethyl adjacent to an activating group) is 1. The average molecular weight is 1290 g/mol. The van der Waals surface area contributed by atoms with Crippen LogP contribution in [0.25, 0.3) is 78.7 Å². The van der Waals surface area contributed by atoms with Crippen LogP contribution >= 0.6 is 0 Å². The van der Waals surface area contributed by atoms with Crippen LogP contribution < -0.4 is 16.0 Å². The average Bonchev–Trinajstić information content (AvgIpc) is 1.72. The van der Waals surface area contributed by atoms with Crippen molar-refractivity contribution in [3.63, 3.8) is 0 Å². The van der Waals surface area contributed by atoms with Crippen molar-refractivity contribution in [2.75, 3.05) is 105 Å². The fourth-order valence-electron chi connectivity index (χ4n) is 14.1. The molecule has 4 aromatic carbocycles. The highest BCUT2D eigenvalue weighted by Crippen LogP contribution is 2.39. The van der Waals surface area contributed by atoms with Gasteiger partial charge in [-0.2, -0.15) is 0 Å². The van der Waals surface area contributed by atoms with Gasteiger partial charge >= 0.3 is 0 Å². The van der Waals surface area contributed by atoms with E-state index in [0.717, 1.165) is 115 Å². The van der Waals surface area contributed by atoms with Crippen molar-refractivity contribution in [2.24, 2.45) is 0 Å². The van der Waals surface area contributed by atoms with Gasteiger partial charge in [0.1, 0.15) is 42.7 Å². The van der Waals surface area contributed by atoms with Gasteiger partial charge in [0, 0.05) is 109 Å². The fourth-order valence-corrected chi connectivity index (χ4v) is 14.1. The van der Waals surface area contributed by atoms with E-state index >= 15 is 0 Å². The number of aliphatic hydroxyl groups excluding tert-OH is 4. The summed E-state index contributed by atoms with van der Waals surface area (Å²) in [5.41, 5.74) is 15.9. The smallest absolute Gasteiger partial charge is 0.238 e. The highest BCUT2D eigenvalue weighted by Gasteiger charge is 2.52. The van der Waals surface area contributed by atoms with Crippen LogP contribution in [0.4, 0.5) is 5.69 Å². The number of aromatic nitrogens is 4. The number of nitrogens with one attached hydrogen (secondary N) is 5. The molecule has 95 heavy (non-hydrogen) atoms. The number of benzene rings is 4. The lowest BCUT2D eigenvalue weighted by atomic mass is 9.92. The van der Waals surface area contributed by atoms with E-state index in [1.807, 2.05) is 76.3 Å². The molecule has 22 nitrogen and oxygen atoms in total. The number of nitrogens with zero attached hydrogens (tertiary/aromatic N) is 6. The number of aliphatic hydroxyl groups is 4. The maximum atomic E-state index is 14.0. The van der Waals surface area contributed by atoms with Crippen LogP contribution in [0.15, 0.2) is 140 Å². The number of carbonyl (C=O) groups excluding carboxylic acids is 3. The molecule has 8 bridgehead atoms. The lowest BCUT2D eigenvalue weighted by Gasteiger charge is -2.48. The summed E-state index contributed by atoms with van der Waals surface area (Å²) in [5, 5.41) is 53.2. The summed E-state index contributed by atoms with van der Waals surface area (Å²) >= 11 is 0. The highest BCUT2D eigenvalue weighted by molar-refractivity contribution is 5.98. The zero-order valence-electron chi connectivity index (χ0n) is 53.6. The third kappa shape index (κ3) is 14.5. The number of aryl methyl sites for hydroxylation is 2. The summed E-state index contributed by atoms with van der Waals surface area (Å²) in [6.45, 7) is 5.66. The molecule has 3 aromatic heterocycles. The van der Waals surface area contributed by atoms with Crippen molar-refractivity contribution >= 4 is 57.6 Å². The summed E-state index contributed by atoms with van der Waals surface area (Å²) in [4.78, 5) is 67.9. The summed E-state index contributed by atoms with van der Waals surface area (Å²) in [6.07, 6.45) is -3.92. The van der Waals surface area contributed by atoms with Gasteiger partial charge in [-0.15, -0.1) is 0 Å². The molecule has 3 amide bonds. The Morgan fingerprint density at radius 3 is 1.43 bits per heavy atom. The molecule has 6 aliphatic heterocycles. The highest BCUT2D eigenvalue weighted by atomic mass is 16.7. The second-order valence-corrected chi connectivity index (χ2v) is 25.4. The number of hydrogen-bond donors (Lipinski definition) is 9. The lowest BCUT2D eigenvalue weighted by Crippen LogP contribution is -2.69. The molecule has 0 saturated carbocycles. The van der Waals surface area contributed by atoms with E-state index in [1.54, 1.807) is 6.92 Å². The predicted octanol–water partition coefficient (Wildman–Crippen LogP) is 5.33. The van der Waals surface area contributed by atoms with Gasteiger partial charge in [-0.25, -0.2) is 4.98 Å². The topological polar surface area (TPSA) is 275 Å². The van der Waals surface area contributed by atoms with E-state index in [4.69, 9.17) is 28.9 Å². The Morgan fingerprint density at radius 1 is 0.526 bits per heavy atom. The Balaban J connectivity index is 0.699. The monoisotopic (exact) mass is 1290 g/mol. The molecule has 4 saturated heterocycles. The Kier molecular flexibility index (Phi) is 20.2. The number of H-pyrrole nitrogens is 2. The van der Waals surface area contributed by atoms with Crippen molar-refractivity contribution in [3.05, 3.63) is 162 Å². The van der Waals surface area contributed by atoms with Gasteiger partial charge in [-0.3, -0.25) is 34.1 Å². The molecule has 4 unspecified atom stereocenters. The maximum Gasteiger partial charge on any atom is 0.238 e. The van der Waals surface area contributed by atoms with E-state index in [1.165, 1.54) is 7.11 Å². The molecule has 6 aliphatic rings. The first kappa shape index (κ1) is 65.3. The van der Waals surface area contributed by atoms with Crippen LogP contribution in [-0.2, 0) is 46.2 Å². The number of carbonyl (C=O) groups is 3. The third-order valence-corrected chi connectivity index (χ3v) is 19.1. The first-order chi connectivity index (χ1) is 46.3. The van der Waals surface area contributed by atoms with Gasteiger partial charge in [-0.05, 0) is 97.6 Å². The minimum atomic E-state index is -1.46. The molecule has 13 rings (SSSR count). The second kappa shape index (κ2) is 29.3. The van der Waals surface area contributed by atoms with Crippen LogP contribution in [0.1, 0.15) is 29.7 Å². The largest absolute Gasteiger partial charge is 0.394 e. The fraction of sp³-hybridized carbons (Fsp3) is 0.384. The molecule has 9 N–H and O–H groups in total. The maximum absolute atomic E-state index is 14.0. The summed E-state index contributed by atoms with van der Waals surface area (Å²) in [6, 6.07) is 45.4. The molecular weight excluding hydrogens is 1210 g/mol. The molecule has 0 aliphatic carbocycles. The van der Waals surface area contributed by atoms with E-state index in [-0.39, 0.29) is 31.4 Å². The number of hydrogen-bond acceptors (Lipinski definition) is 17. The molecule has 496 valence electrons. The van der Waals surface area contributed by atoms with Crippen molar-refractivity contribution in [1.82, 2.24) is 50.2 Å². The van der Waals surface area contributed by atoms with Crippen molar-refractivity contribution < 1.29 is 53.8 Å². The minimum absolute atomic E-state index is 0.0721. The van der Waals surface area contributed by atoms with Crippen molar-refractivity contribution in [1.29, 1.82) is 0 Å². The number of rotatable bonds is 18. The quantitative estimate of drug-likeness (QED) is 0.0525. The summed E-state index contributed by atoms with van der Waals surface area (Å²) in [5.74, 6) is -0.982. The Bertz CT molecular complexity index is 4050. The molecule has 22 heteroatoms. The van der Waals surface area contributed by atoms with Gasteiger partial charge in [0.15, 0.2) is 6.29 Å². The molecule has 9 heterocycles. The second-order valence-electron chi connectivity index (χ2n) is 25.4. The molecular formula is C73H83N11O11. The van der Waals surface area contributed by atoms with E-state index in [9.17, 15) is 34.8 Å². The molecule has 7 aromatic rings. The molecule has 0 spiro atoms. The van der Waals surface area contributed by atoms with Crippen LogP contribution in [0.2, 0.25) is 0 Å². The number of fused-ring (bicyclic) bond motifs is 8. The number of piperazine rings is 2. The van der Waals surface area contributed by atoms with E-state index in [0.29, 0.717) is 45.0 Å². The lowest BCUT2D eigenvalue weighted by molar-refractivity contribution is -0.315. The first-order valence-corrected chi connectivity index (χ1v) is 32.8. The Labute approximate surface area is 551 Å². The zero-order valence-corrected chi connectivity index (χ0v) is 53.6. The number of amides is 3. The third-order valence-electron chi connectivity index (χ3n) is 19.1. The number of anilines is 1. The van der Waals surface area contributed by atoms with Crippen LogP contribution in [-0.4, -0.2) is 238 Å². The van der Waals surface area contributed by atoms with Crippen molar-refractivity contribution in [3.8, 4) is 44.5 Å². The normalized spacial score (nSPS) is 24.5. The standard InChI is InChI=1S/C73H83N11O11/c1-44-67(79-61(88)40-82-33-31-81(2)32-34-82)69(90)72(59(43-86)93-44)95-73-68(70(91)71(92-3)58(42-85)94-73)80-62(89)41-84-37-35-83(36-38-84)39-60(87)74-49-21-19-48(20-22-49)66-56-29-27-54(77-56)64(46-15-9-5-10-16-46)52-25-23-50(75-52)63(45-13-7-4-8-14-45)51-24-26-53(76-51)65(47-17-11-6-12-18-47)55-28-30-57(66)78-55/h4-23,25,27-30,44,58-59,67-73,75,78,85-86,90-91H,24,26,31-43H2,1-3H3,(H,74,87)(H,79,88)(H,80,89)/t44-,58?,59?,67?,68?,69+,70+,71+,72+,73-/m0/s1. The van der Waals surface area contributed by atoms with Gasteiger partial charge in [-0.1, -0.05) is 103 Å². The Morgan fingerprint density at radius 2 is 0.947 bits per heavy atom. The zero-order chi connectivity index (χ0) is 65.7.